The number of carbonyl (C=O) groups excluding carboxylic acids is 2. The highest BCUT2D eigenvalue weighted by atomic mass is 16.6. The molecule has 1 aliphatic rings. The monoisotopic (exact) mass is 371 g/mol. The van der Waals surface area contributed by atoms with Crippen molar-refractivity contribution in [1.82, 2.24) is 0 Å². The molecule has 2 aromatic rings. The van der Waals surface area contributed by atoms with E-state index in [9.17, 15) is 19.7 Å². The van der Waals surface area contributed by atoms with Crippen LogP contribution in [0.25, 0.3) is 0 Å². The summed E-state index contributed by atoms with van der Waals surface area (Å²) in [5.41, 5.74) is 0.604. The van der Waals surface area contributed by atoms with Gasteiger partial charge in [-0.2, -0.15) is 0 Å². The van der Waals surface area contributed by atoms with Gasteiger partial charge in [0.2, 0.25) is 5.78 Å². The SMILES string of the molecule is Cc1ccc(C(=O)[C@H](C)OC(=O)c2cc3c(cc2[N+](=O)[O-])OCCO3)cc1. The van der Waals surface area contributed by atoms with Crippen LogP contribution in [-0.4, -0.2) is 36.0 Å². The number of nitro benzene ring substituents is 1. The quantitative estimate of drug-likeness (QED) is 0.344. The number of rotatable bonds is 5. The first-order valence-corrected chi connectivity index (χ1v) is 8.26. The molecule has 0 N–H and O–H groups in total. The molecule has 0 bridgehead atoms. The number of carbonyl (C=O) groups is 2. The van der Waals surface area contributed by atoms with Crippen molar-refractivity contribution in [2.24, 2.45) is 0 Å². The van der Waals surface area contributed by atoms with Crippen LogP contribution in [0.3, 0.4) is 0 Å². The van der Waals surface area contributed by atoms with E-state index in [1.54, 1.807) is 24.3 Å². The number of hydrogen-bond acceptors (Lipinski definition) is 7. The number of fused-ring (bicyclic) bond motifs is 1. The van der Waals surface area contributed by atoms with E-state index < -0.39 is 28.5 Å². The standard InChI is InChI=1S/C19H17NO7/c1-11-3-5-13(6-4-11)18(21)12(2)27-19(22)14-9-16-17(26-8-7-25-16)10-15(14)20(23)24/h3-6,9-10,12H,7-8H2,1-2H3/t12-/m0/s1. The van der Waals surface area contributed by atoms with Crippen molar-refractivity contribution in [3.63, 3.8) is 0 Å². The van der Waals surface area contributed by atoms with E-state index in [-0.39, 0.29) is 30.3 Å². The first kappa shape index (κ1) is 18.4. The van der Waals surface area contributed by atoms with Crippen LogP contribution in [0.1, 0.15) is 33.2 Å². The lowest BCUT2D eigenvalue weighted by Crippen LogP contribution is -2.25. The molecular formula is C19H17NO7. The minimum Gasteiger partial charge on any atom is -0.486 e. The van der Waals surface area contributed by atoms with Crippen LogP contribution >= 0.6 is 0 Å². The number of Topliss-reactive ketones (excluding diaryl/α,β-unsaturated/α-hetero) is 1. The maximum absolute atomic E-state index is 12.5. The Balaban J connectivity index is 1.83. The van der Waals surface area contributed by atoms with Crippen molar-refractivity contribution in [3.05, 3.63) is 63.2 Å². The molecule has 0 saturated carbocycles. The van der Waals surface area contributed by atoms with Crippen LogP contribution in [0.4, 0.5) is 5.69 Å². The zero-order chi connectivity index (χ0) is 19.6. The zero-order valence-corrected chi connectivity index (χ0v) is 14.8. The molecule has 140 valence electrons. The fourth-order valence-electron chi connectivity index (χ4n) is 2.62. The molecule has 0 radical (unpaired) electrons. The molecular weight excluding hydrogens is 354 g/mol. The molecule has 0 unspecified atom stereocenters. The number of aryl methyl sites for hydroxylation is 1. The topological polar surface area (TPSA) is 105 Å². The Bertz CT molecular complexity index is 905. The summed E-state index contributed by atoms with van der Waals surface area (Å²) in [5, 5.41) is 11.3. The average molecular weight is 371 g/mol. The highest BCUT2D eigenvalue weighted by Crippen LogP contribution is 2.37. The van der Waals surface area contributed by atoms with Crippen LogP contribution < -0.4 is 9.47 Å². The van der Waals surface area contributed by atoms with Gasteiger partial charge in [-0.1, -0.05) is 29.8 Å². The lowest BCUT2D eigenvalue weighted by Gasteiger charge is -2.19. The summed E-state index contributed by atoms with van der Waals surface area (Å²) in [6.45, 7) is 3.83. The van der Waals surface area contributed by atoms with E-state index >= 15 is 0 Å². The fourth-order valence-corrected chi connectivity index (χ4v) is 2.62. The van der Waals surface area contributed by atoms with E-state index in [1.165, 1.54) is 13.0 Å². The van der Waals surface area contributed by atoms with Gasteiger partial charge in [-0.25, -0.2) is 4.79 Å². The van der Waals surface area contributed by atoms with Crippen molar-refractivity contribution in [3.8, 4) is 11.5 Å². The maximum Gasteiger partial charge on any atom is 0.346 e. The first-order valence-electron chi connectivity index (χ1n) is 8.26. The Kier molecular flexibility index (Phi) is 5.07. The Labute approximate surface area is 154 Å². The van der Waals surface area contributed by atoms with Crippen LogP contribution in [0, 0.1) is 17.0 Å². The smallest absolute Gasteiger partial charge is 0.346 e. The third-order valence-electron chi connectivity index (χ3n) is 4.07. The second-order valence-electron chi connectivity index (χ2n) is 6.05. The molecule has 27 heavy (non-hydrogen) atoms. The van der Waals surface area contributed by atoms with Crippen molar-refractivity contribution in [1.29, 1.82) is 0 Å². The van der Waals surface area contributed by atoms with Gasteiger partial charge in [0.25, 0.3) is 5.69 Å². The molecule has 0 fully saturated rings. The molecule has 8 heteroatoms. The van der Waals surface area contributed by atoms with Gasteiger partial charge >= 0.3 is 5.97 Å². The van der Waals surface area contributed by atoms with Crippen LogP contribution in [-0.2, 0) is 4.74 Å². The van der Waals surface area contributed by atoms with Gasteiger partial charge in [0.05, 0.1) is 11.0 Å². The molecule has 0 amide bonds. The fraction of sp³-hybridized carbons (Fsp3) is 0.263. The summed E-state index contributed by atoms with van der Waals surface area (Å²) in [7, 11) is 0. The number of hydrogen-bond donors (Lipinski definition) is 0. The molecule has 8 nitrogen and oxygen atoms in total. The van der Waals surface area contributed by atoms with E-state index in [0.29, 0.717) is 5.56 Å². The Morgan fingerprint density at radius 2 is 1.70 bits per heavy atom. The van der Waals surface area contributed by atoms with Gasteiger partial charge in [-0.05, 0) is 13.8 Å². The summed E-state index contributed by atoms with van der Waals surface area (Å²) in [4.78, 5) is 35.5. The van der Waals surface area contributed by atoms with E-state index in [1.807, 2.05) is 6.92 Å². The zero-order valence-electron chi connectivity index (χ0n) is 14.8. The van der Waals surface area contributed by atoms with Gasteiger partial charge in [0, 0.05) is 11.6 Å². The number of nitrogens with zero attached hydrogens (tertiary/aromatic N) is 1. The van der Waals surface area contributed by atoms with Gasteiger partial charge in [-0.3, -0.25) is 14.9 Å². The molecule has 0 aromatic heterocycles. The number of benzene rings is 2. The van der Waals surface area contributed by atoms with Crippen molar-refractivity contribution in [2.75, 3.05) is 13.2 Å². The van der Waals surface area contributed by atoms with Gasteiger partial charge in [-0.15, -0.1) is 0 Å². The van der Waals surface area contributed by atoms with E-state index in [0.717, 1.165) is 11.6 Å². The molecule has 1 heterocycles. The predicted octanol–water partition coefficient (Wildman–Crippen LogP) is 3.10. The minimum absolute atomic E-state index is 0.188. The molecule has 2 aromatic carbocycles. The summed E-state index contributed by atoms with van der Waals surface area (Å²) in [6, 6.07) is 9.14. The maximum atomic E-state index is 12.5. The Morgan fingerprint density at radius 1 is 1.11 bits per heavy atom. The highest BCUT2D eigenvalue weighted by molar-refractivity contribution is 6.02. The normalized spacial score (nSPS) is 13.6. The summed E-state index contributed by atoms with van der Waals surface area (Å²) >= 11 is 0. The van der Waals surface area contributed by atoms with E-state index in [2.05, 4.69) is 0 Å². The second-order valence-corrected chi connectivity index (χ2v) is 6.05. The molecule has 0 aliphatic carbocycles. The Morgan fingerprint density at radius 3 is 2.30 bits per heavy atom. The van der Waals surface area contributed by atoms with Crippen molar-refractivity contribution >= 4 is 17.4 Å². The predicted molar refractivity (Wildman–Crippen MR) is 94.5 cm³/mol. The van der Waals surface area contributed by atoms with Crippen LogP contribution in [0.5, 0.6) is 11.5 Å². The molecule has 1 atom stereocenters. The van der Waals surface area contributed by atoms with Gasteiger partial charge in [0.15, 0.2) is 17.6 Å². The number of esters is 1. The van der Waals surface area contributed by atoms with E-state index in [4.69, 9.17) is 14.2 Å². The molecule has 0 saturated heterocycles. The number of ether oxygens (including phenoxy) is 3. The highest BCUT2D eigenvalue weighted by Gasteiger charge is 2.29. The van der Waals surface area contributed by atoms with Crippen LogP contribution in [0.2, 0.25) is 0 Å². The van der Waals surface area contributed by atoms with Crippen molar-refractivity contribution < 1.29 is 28.7 Å². The summed E-state index contributed by atoms with van der Waals surface area (Å²) in [5.74, 6) is -0.972. The third-order valence-corrected chi connectivity index (χ3v) is 4.07. The molecule has 1 aliphatic heterocycles. The van der Waals surface area contributed by atoms with Crippen molar-refractivity contribution in [2.45, 2.75) is 20.0 Å². The molecule has 0 spiro atoms. The van der Waals surface area contributed by atoms with Gasteiger partial charge in [0.1, 0.15) is 18.8 Å². The lowest BCUT2D eigenvalue weighted by molar-refractivity contribution is -0.385. The molecule has 3 rings (SSSR count). The largest absolute Gasteiger partial charge is 0.486 e. The number of ketones is 1. The van der Waals surface area contributed by atoms with Crippen LogP contribution in [0.15, 0.2) is 36.4 Å². The first-order chi connectivity index (χ1) is 12.9. The summed E-state index contributed by atoms with van der Waals surface area (Å²) in [6.07, 6.45) is -1.10. The lowest BCUT2D eigenvalue weighted by atomic mass is 10.1. The minimum atomic E-state index is -1.10. The van der Waals surface area contributed by atoms with Gasteiger partial charge < -0.3 is 14.2 Å². The summed E-state index contributed by atoms with van der Waals surface area (Å²) < 4.78 is 15.8. The number of nitro groups is 1. The Hall–Kier alpha value is -3.42. The average Bonchev–Trinajstić information content (AvgIpc) is 2.66. The second kappa shape index (κ2) is 7.45. The third kappa shape index (κ3) is 3.89.